The molecule has 3 heterocycles. The van der Waals surface area contributed by atoms with Crippen LogP contribution >= 0.6 is 0 Å². The summed E-state index contributed by atoms with van der Waals surface area (Å²) in [6.07, 6.45) is 1.11. The minimum absolute atomic E-state index is 0.113. The Morgan fingerprint density at radius 2 is 1.88 bits per heavy atom. The van der Waals surface area contributed by atoms with E-state index in [0.29, 0.717) is 19.4 Å². The lowest BCUT2D eigenvalue weighted by molar-refractivity contribution is -0.149. The van der Waals surface area contributed by atoms with Crippen molar-refractivity contribution in [1.82, 2.24) is 15.5 Å². The van der Waals surface area contributed by atoms with Crippen LogP contribution in [-0.2, 0) is 25.7 Å². The highest BCUT2D eigenvalue weighted by atomic mass is 16.5. The smallest absolute Gasteiger partial charge is 0.246 e. The van der Waals surface area contributed by atoms with Crippen molar-refractivity contribution in [2.45, 2.75) is 76.4 Å². The summed E-state index contributed by atoms with van der Waals surface area (Å²) >= 11 is 0. The highest BCUT2D eigenvalue weighted by Crippen LogP contribution is 2.63. The predicted molar refractivity (Wildman–Crippen MR) is 117 cm³/mol. The molecule has 3 fully saturated rings. The quantitative estimate of drug-likeness (QED) is 0.582. The zero-order valence-electron chi connectivity index (χ0n) is 19.1. The van der Waals surface area contributed by atoms with Gasteiger partial charge in [-0.05, 0) is 46.1 Å². The van der Waals surface area contributed by atoms with Crippen LogP contribution in [0.5, 0.6) is 0 Å². The van der Waals surface area contributed by atoms with Gasteiger partial charge < -0.3 is 25.4 Å². The summed E-state index contributed by atoms with van der Waals surface area (Å²) in [4.78, 5) is 41.8. The molecule has 2 bridgehead atoms. The van der Waals surface area contributed by atoms with E-state index < -0.39 is 35.1 Å². The predicted octanol–water partition coefficient (Wildman–Crippen LogP) is 0.973. The Morgan fingerprint density at radius 3 is 2.50 bits per heavy atom. The van der Waals surface area contributed by atoms with Crippen LogP contribution < -0.4 is 10.6 Å². The molecule has 1 aromatic rings. The number of nitrogens with one attached hydrogen (secondary N) is 2. The maximum atomic E-state index is 13.7. The summed E-state index contributed by atoms with van der Waals surface area (Å²) in [5.74, 6) is -2.28. The van der Waals surface area contributed by atoms with Crippen LogP contribution in [0.4, 0.5) is 0 Å². The molecule has 0 aromatic heterocycles. The number of hydrogen-bond donors (Lipinski definition) is 3. The third-order valence-electron chi connectivity index (χ3n) is 7.22. The van der Waals surface area contributed by atoms with Gasteiger partial charge in [0.2, 0.25) is 17.7 Å². The molecule has 2 unspecified atom stereocenters. The zero-order valence-corrected chi connectivity index (χ0v) is 19.1. The van der Waals surface area contributed by atoms with E-state index in [4.69, 9.17) is 4.74 Å². The van der Waals surface area contributed by atoms with Crippen molar-refractivity contribution in [3.63, 3.8) is 0 Å². The normalized spacial score (nSPS) is 34.0. The van der Waals surface area contributed by atoms with Crippen molar-refractivity contribution in [2.75, 3.05) is 6.61 Å². The second-order valence-electron chi connectivity index (χ2n) is 9.87. The monoisotopic (exact) mass is 443 g/mol. The van der Waals surface area contributed by atoms with Gasteiger partial charge in [0.1, 0.15) is 11.6 Å². The third kappa shape index (κ3) is 3.40. The maximum absolute atomic E-state index is 13.7. The van der Waals surface area contributed by atoms with Gasteiger partial charge in [-0.3, -0.25) is 14.4 Å². The second kappa shape index (κ2) is 8.15. The van der Waals surface area contributed by atoms with Gasteiger partial charge in [-0.2, -0.15) is 0 Å². The number of aliphatic hydroxyl groups is 1. The second-order valence-corrected chi connectivity index (χ2v) is 9.87. The van der Waals surface area contributed by atoms with Gasteiger partial charge in [-0.1, -0.05) is 30.3 Å². The van der Waals surface area contributed by atoms with E-state index >= 15 is 0 Å². The number of aliphatic hydroxyl groups excluding tert-OH is 1. The Labute approximate surface area is 188 Å². The number of amides is 3. The van der Waals surface area contributed by atoms with Gasteiger partial charge in [0.05, 0.1) is 30.1 Å². The first-order valence-corrected chi connectivity index (χ1v) is 11.4. The first-order chi connectivity index (χ1) is 15.1. The lowest BCUT2D eigenvalue weighted by Gasteiger charge is -2.36. The zero-order chi connectivity index (χ0) is 23.3. The van der Waals surface area contributed by atoms with E-state index in [9.17, 15) is 19.5 Å². The van der Waals surface area contributed by atoms with Gasteiger partial charge in [0.25, 0.3) is 0 Å². The molecular formula is C24H33N3O5. The van der Waals surface area contributed by atoms with Crippen LogP contribution in [0.15, 0.2) is 30.3 Å². The summed E-state index contributed by atoms with van der Waals surface area (Å²) in [6.45, 7) is 7.38. The molecule has 4 rings (SSSR count). The highest BCUT2D eigenvalue weighted by molar-refractivity contribution is 5.99. The Bertz CT molecular complexity index is 906. The average Bonchev–Trinajstić information content (AvgIpc) is 3.32. The van der Waals surface area contributed by atoms with Crippen LogP contribution in [-0.4, -0.2) is 63.7 Å². The summed E-state index contributed by atoms with van der Waals surface area (Å²) in [7, 11) is 0. The summed E-state index contributed by atoms with van der Waals surface area (Å²) in [6, 6.07) is 8.04. The van der Waals surface area contributed by atoms with Crippen LogP contribution in [0.3, 0.4) is 0 Å². The van der Waals surface area contributed by atoms with Crippen molar-refractivity contribution < 1.29 is 24.2 Å². The molecule has 1 aromatic carbocycles. The van der Waals surface area contributed by atoms with Crippen molar-refractivity contribution in [2.24, 2.45) is 11.8 Å². The van der Waals surface area contributed by atoms with Gasteiger partial charge >= 0.3 is 0 Å². The number of benzene rings is 1. The van der Waals surface area contributed by atoms with Crippen LogP contribution in [0, 0.1) is 11.8 Å². The molecule has 6 atom stereocenters. The van der Waals surface area contributed by atoms with Gasteiger partial charge in [0.15, 0.2) is 0 Å². The molecule has 1 spiro atoms. The minimum Gasteiger partial charge on any atom is -0.394 e. The number of hydrogen-bond acceptors (Lipinski definition) is 5. The van der Waals surface area contributed by atoms with Crippen LogP contribution in [0.1, 0.15) is 46.1 Å². The van der Waals surface area contributed by atoms with Crippen LogP contribution in [0.2, 0.25) is 0 Å². The fourth-order valence-electron chi connectivity index (χ4n) is 5.88. The molecule has 8 nitrogen and oxygen atoms in total. The number of ether oxygens (including phenoxy) is 1. The average molecular weight is 444 g/mol. The van der Waals surface area contributed by atoms with E-state index in [0.717, 1.165) is 5.56 Å². The van der Waals surface area contributed by atoms with Crippen molar-refractivity contribution in [3.8, 4) is 0 Å². The standard InChI is InChI=1S/C24H33N3O5/c1-14(2)26-21(30)19-24-11-10-23(4,32-24)17(18(24)22(31)27(19)15(3)13-28)20(29)25-12-16-8-6-5-7-9-16/h5-9,14-15,17-19,28H,10-13H2,1-4H3,(H,25,29)(H,26,30)/t15-,17+,18+,19?,23-,24?/m1/s1. The minimum atomic E-state index is -1.07. The molecule has 3 amide bonds. The molecule has 32 heavy (non-hydrogen) atoms. The van der Waals surface area contributed by atoms with Crippen molar-refractivity contribution in [3.05, 3.63) is 35.9 Å². The Kier molecular flexibility index (Phi) is 5.79. The van der Waals surface area contributed by atoms with E-state index in [-0.39, 0.29) is 30.4 Å². The number of carbonyl (C=O) groups is 3. The lowest BCUT2D eigenvalue weighted by Crippen LogP contribution is -2.58. The lowest BCUT2D eigenvalue weighted by atomic mass is 9.66. The van der Waals surface area contributed by atoms with Gasteiger partial charge in [-0.25, -0.2) is 0 Å². The number of carbonyl (C=O) groups excluding carboxylic acids is 3. The van der Waals surface area contributed by atoms with E-state index in [1.165, 1.54) is 4.90 Å². The van der Waals surface area contributed by atoms with E-state index in [1.807, 2.05) is 51.1 Å². The van der Waals surface area contributed by atoms with Crippen molar-refractivity contribution >= 4 is 17.7 Å². The molecule has 3 aliphatic rings. The highest BCUT2D eigenvalue weighted by Gasteiger charge is 2.78. The Balaban J connectivity index is 1.67. The molecule has 3 N–H and O–H groups in total. The first-order valence-electron chi connectivity index (χ1n) is 11.4. The van der Waals surface area contributed by atoms with E-state index in [1.54, 1.807) is 6.92 Å². The Morgan fingerprint density at radius 1 is 1.19 bits per heavy atom. The molecule has 3 saturated heterocycles. The SMILES string of the molecule is CC(C)NC(=O)C1N([C@H](C)CO)C(=O)[C@@H]2[C@@H](C(=O)NCc3ccccc3)[C@@]3(C)CCC12O3. The molecule has 3 aliphatic heterocycles. The first kappa shape index (κ1) is 22.7. The number of fused-ring (bicyclic) bond motifs is 1. The summed E-state index contributed by atoms with van der Waals surface area (Å²) < 4.78 is 6.50. The molecule has 0 radical (unpaired) electrons. The molecule has 174 valence electrons. The van der Waals surface area contributed by atoms with Gasteiger partial charge in [-0.15, -0.1) is 0 Å². The summed E-state index contributed by atoms with van der Waals surface area (Å²) in [5, 5.41) is 15.7. The topological polar surface area (TPSA) is 108 Å². The van der Waals surface area contributed by atoms with Gasteiger partial charge in [0, 0.05) is 12.6 Å². The molecule has 0 saturated carbocycles. The Hall–Kier alpha value is -2.45. The van der Waals surface area contributed by atoms with Crippen LogP contribution in [0.25, 0.3) is 0 Å². The number of likely N-dealkylation sites (tertiary alicyclic amines) is 1. The number of rotatable bonds is 7. The number of nitrogens with zero attached hydrogens (tertiary/aromatic N) is 1. The third-order valence-corrected chi connectivity index (χ3v) is 7.22. The molecular weight excluding hydrogens is 410 g/mol. The fraction of sp³-hybridized carbons (Fsp3) is 0.625. The molecule has 8 heteroatoms. The van der Waals surface area contributed by atoms with E-state index in [2.05, 4.69) is 10.6 Å². The largest absolute Gasteiger partial charge is 0.394 e. The fourth-order valence-corrected chi connectivity index (χ4v) is 5.88. The summed E-state index contributed by atoms with van der Waals surface area (Å²) in [5.41, 5.74) is -0.915. The maximum Gasteiger partial charge on any atom is 0.246 e. The van der Waals surface area contributed by atoms with Crippen molar-refractivity contribution in [1.29, 1.82) is 0 Å². The molecule has 0 aliphatic carbocycles.